The van der Waals surface area contributed by atoms with Gasteiger partial charge in [-0.15, -0.1) is 0 Å². The Morgan fingerprint density at radius 2 is 1.91 bits per heavy atom. The summed E-state index contributed by atoms with van der Waals surface area (Å²) in [6, 6.07) is 3.86. The number of aromatic nitrogens is 1. The lowest BCUT2D eigenvalue weighted by Crippen LogP contribution is -2.48. The second kappa shape index (κ2) is 8.11. The van der Waals surface area contributed by atoms with E-state index in [-0.39, 0.29) is 0 Å². The van der Waals surface area contributed by atoms with Gasteiger partial charge in [0.05, 0.1) is 0 Å². The predicted octanol–water partition coefficient (Wildman–Crippen LogP) is 3.35. The second-order valence-corrected chi connectivity index (χ2v) is 7.22. The maximum absolute atomic E-state index is 12.3. The molecule has 3 rings (SSSR count). The van der Waals surface area contributed by atoms with Gasteiger partial charge in [0.2, 0.25) is 5.91 Å². The Kier molecular flexibility index (Phi) is 5.90. The van der Waals surface area contributed by atoms with E-state index in [0.29, 0.717) is 11.1 Å². The smallest absolute Gasteiger partial charge is 0.222 e. The van der Waals surface area contributed by atoms with Crippen LogP contribution in [0.1, 0.15) is 44.1 Å². The van der Waals surface area contributed by atoms with Gasteiger partial charge in [0.25, 0.3) is 0 Å². The number of piperazine rings is 1. The normalized spacial score (nSPS) is 20.1. The van der Waals surface area contributed by atoms with Crippen LogP contribution in [0.3, 0.4) is 0 Å². The molecular formula is C18H26ClN3O. The van der Waals surface area contributed by atoms with Crippen molar-refractivity contribution in [1.82, 2.24) is 14.8 Å². The minimum Gasteiger partial charge on any atom is -0.340 e. The van der Waals surface area contributed by atoms with Gasteiger partial charge in [-0.05, 0) is 24.0 Å². The monoisotopic (exact) mass is 335 g/mol. The summed E-state index contributed by atoms with van der Waals surface area (Å²) in [6.07, 6.45) is 9.04. The van der Waals surface area contributed by atoms with Gasteiger partial charge in [0.15, 0.2) is 0 Å². The molecule has 4 nitrogen and oxygen atoms in total. The van der Waals surface area contributed by atoms with E-state index in [2.05, 4.69) is 9.88 Å². The Morgan fingerprint density at radius 1 is 1.17 bits per heavy atom. The summed E-state index contributed by atoms with van der Waals surface area (Å²) in [5.74, 6) is 1.15. The van der Waals surface area contributed by atoms with Crippen LogP contribution in [0.5, 0.6) is 0 Å². The quantitative estimate of drug-likeness (QED) is 0.774. The number of rotatable bonds is 5. The molecule has 5 heteroatoms. The number of halogens is 1. The third kappa shape index (κ3) is 4.92. The van der Waals surface area contributed by atoms with E-state index in [1.54, 1.807) is 0 Å². The molecule has 2 heterocycles. The zero-order valence-electron chi connectivity index (χ0n) is 13.7. The van der Waals surface area contributed by atoms with Crippen LogP contribution in [0.4, 0.5) is 0 Å². The Labute approximate surface area is 143 Å². The summed E-state index contributed by atoms with van der Waals surface area (Å²) in [5.41, 5.74) is 1.18. The number of carbonyl (C=O) groups is 1. The van der Waals surface area contributed by atoms with Gasteiger partial charge in [-0.2, -0.15) is 0 Å². The number of nitrogens with zero attached hydrogens (tertiary/aromatic N) is 3. The van der Waals surface area contributed by atoms with E-state index in [1.807, 2.05) is 23.2 Å². The van der Waals surface area contributed by atoms with Crippen molar-refractivity contribution >= 4 is 17.5 Å². The molecule has 23 heavy (non-hydrogen) atoms. The molecule has 1 aromatic rings. The van der Waals surface area contributed by atoms with Crippen molar-refractivity contribution < 1.29 is 4.79 Å². The predicted molar refractivity (Wildman–Crippen MR) is 92.3 cm³/mol. The summed E-state index contributed by atoms with van der Waals surface area (Å²) in [6.45, 7) is 4.47. The van der Waals surface area contributed by atoms with Gasteiger partial charge in [-0.25, -0.2) is 4.98 Å². The van der Waals surface area contributed by atoms with Gasteiger partial charge in [0, 0.05) is 45.3 Å². The van der Waals surface area contributed by atoms with Crippen LogP contribution in [0.2, 0.25) is 5.15 Å². The third-order valence-electron chi connectivity index (χ3n) is 5.16. The molecule has 1 saturated heterocycles. The van der Waals surface area contributed by atoms with Crippen LogP contribution in [0.15, 0.2) is 18.3 Å². The summed E-state index contributed by atoms with van der Waals surface area (Å²) >= 11 is 5.82. The average molecular weight is 336 g/mol. The Balaban J connectivity index is 1.39. The third-order valence-corrected chi connectivity index (χ3v) is 5.38. The van der Waals surface area contributed by atoms with Gasteiger partial charge >= 0.3 is 0 Å². The maximum atomic E-state index is 12.3. The number of amides is 1. The Morgan fingerprint density at radius 3 is 2.57 bits per heavy atom. The molecule has 1 saturated carbocycles. The van der Waals surface area contributed by atoms with Crippen molar-refractivity contribution in [1.29, 1.82) is 0 Å². The highest BCUT2D eigenvalue weighted by Gasteiger charge is 2.22. The largest absolute Gasteiger partial charge is 0.340 e. The number of hydrogen-bond donors (Lipinski definition) is 0. The molecule has 0 N–H and O–H groups in total. The van der Waals surface area contributed by atoms with E-state index in [4.69, 9.17) is 11.6 Å². The molecular weight excluding hydrogens is 310 g/mol. The lowest BCUT2D eigenvalue weighted by molar-refractivity contribution is -0.133. The summed E-state index contributed by atoms with van der Waals surface area (Å²) in [5, 5.41) is 0.534. The fourth-order valence-corrected chi connectivity index (χ4v) is 3.81. The van der Waals surface area contributed by atoms with Gasteiger partial charge in [0.1, 0.15) is 5.15 Å². The van der Waals surface area contributed by atoms with Gasteiger partial charge in [-0.3, -0.25) is 9.69 Å². The average Bonchev–Trinajstić information content (AvgIpc) is 3.09. The topological polar surface area (TPSA) is 36.4 Å². The molecule has 126 valence electrons. The maximum Gasteiger partial charge on any atom is 0.222 e. The summed E-state index contributed by atoms with van der Waals surface area (Å²) in [7, 11) is 0. The van der Waals surface area contributed by atoms with Crippen LogP contribution in [0.25, 0.3) is 0 Å². The fourth-order valence-electron chi connectivity index (χ4n) is 3.70. The molecule has 2 fully saturated rings. The SMILES string of the molecule is O=C(CCC1CCCC1)N1CCN(Cc2ccc(Cl)nc2)CC1. The first-order valence-corrected chi connectivity index (χ1v) is 9.19. The van der Waals surface area contributed by atoms with Crippen LogP contribution in [0, 0.1) is 5.92 Å². The van der Waals surface area contributed by atoms with E-state index >= 15 is 0 Å². The van der Waals surface area contributed by atoms with Crippen LogP contribution < -0.4 is 0 Å². The Bertz CT molecular complexity index is 506. The van der Waals surface area contributed by atoms with Crippen molar-refractivity contribution in [2.45, 2.75) is 45.1 Å². The summed E-state index contributed by atoms with van der Waals surface area (Å²) in [4.78, 5) is 20.9. The molecule has 0 spiro atoms. The van der Waals surface area contributed by atoms with Gasteiger partial charge < -0.3 is 4.90 Å². The van der Waals surface area contributed by atoms with Crippen LogP contribution in [-0.4, -0.2) is 46.9 Å². The van der Waals surface area contributed by atoms with Crippen molar-refractivity contribution in [2.75, 3.05) is 26.2 Å². The number of pyridine rings is 1. The van der Waals surface area contributed by atoms with E-state index in [9.17, 15) is 4.79 Å². The number of hydrogen-bond acceptors (Lipinski definition) is 3. The molecule has 1 amide bonds. The highest BCUT2D eigenvalue weighted by Crippen LogP contribution is 2.28. The molecule has 1 aliphatic carbocycles. The molecule has 0 atom stereocenters. The Hall–Kier alpha value is -1.13. The minimum atomic E-state index is 0.352. The molecule has 1 aliphatic heterocycles. The molecule has 1 aromatic heterocycles. The molecule has 0 unspecified atom stereocenters. The van der Waals surface area contributed by atoms with E-state index in [1.165, 1.54) is 31.2 Å². The van der Waals surface area contributed by atoms with Crippen LogP contribution in [-0.2, 0) is 11.3 Å². The molecule has 0 bridgehead atoms. The van der Waals surface area contributed by atoms with Crippen molar-refractivity contribution in [3.63, 3.8) is 0 Å². The van der Waals surface area contributed by atoms with E-state index < -0.39 is 0 Å². The first kappa shape index (κ1) is 16.7. The lowest BCUT2D eigenvalue weighted by Gasteiger charge is -2.35. The highest BCUT2D eigenvalue weighted by molar-refractivity contribution is 6.29. The minimum absolute atomic E-state index is 0.352. The van der Waals surface area contributed by atoms with Crippen molar-refractivity contribution in [3.05, 3.63) is 29.0 Å². The van der Waals surface area contributed by atoms with Gasteiger partial charge in [-0.1, -0.05) is 43.4 Å². The zero-order chi connectivity index (χ0) is 16.1. The highest BCUT2D eigenvalue weighted by atomic mass is 35.5. The standard InChI is InChI=1S/C18H26ClN3O/c19-17-7-5-16(13-20-17)14-21-9-11-22(12-10-21)18(23)8-6-15-3-1-2-4-15/h5,7,13,15H,1-4,6,8-12,14H2. The molecule has 2 aliphatic rings. The fraction of sp³-hybridized carbons (Fsp3) is 0.667. The first-order chi connectivity index (χ1) is 11.2. The van der Waals surface area contributed by atoms with Crippen molar-refractivity contribution in [2.24, 2.45) is 5.92 Å². The number of carbonyl (C=O) groups excluding carboxylic acids is 1. The molecule has 0 aromatic carbocycles. The van der Waals surface area contributed by atoms with Crippen molar-refractivity contribution in [3.8, 4) is 0 Å². The zero-order valence-corrected chi connectivity index (χ0v) is 14.5. The second-order valence-electron chi connectivity index (χ2n) is 6.84. The molecule has 0 radical (unpaired) electrons. The first-order valence-electron chi connectivity index (χ1n) is 8.81. The lowest BCUT2D eigenvalue weighted by atomic mass is 10.0. The van der Waals surface area contributed by atoms with E-state index in [0.717, 1.165) is 51.5 Å². The summed E-state index contributed by atoms with van der Waals surface area (Å²) < 4.78 is 0. The van der Waals surface area contributed by atoms with Crippen LogP contribution >= 0.6 is 11.6 Å².